The van der Waals surface area contributed by atoms with Gasteiger partial charge in [-0.2, -0.15) is 0 Å². The second-order valence-electron chi connectivity index (χ2n) is 6.02. The van der Waals surface area contributed by atoms with Crippen LogP contribution >= 0.6 is 0 Å². The molecule has 0 aliphatic carbocycles. The second-order valence-corrected chi connectivity index (χ2v) is 6.02. The Morgan fingerprint density at radius 2 is 1.89 bits per heavy atom. The maximum absolute atomic E-state index is 11.3. The molecule has 1 aliphatic rings. The molecule has 104 valence electrons. The van der Waals surface area contributed by atoms with E-state index in [-0.39, 0.29) is 5.41 Å². The van der Waals surface area contributed by atoms with E-state index in [0.29, 0.717) is 5.56 Å². The number of nitrogens with zero attached hydrogens (tertiary/aromatic N) is 1. The molecule has 0 saturated carbocycles. The van der Waals surface area contributed by atoms with E-state index in [9.17, 15) is 9.90 Å². The summed E-state index contributed by atoms with van der Waals surface area (Å²) >= 11 is 0. The maximum Gasteiger partial charge on any atom is 0.335 e. The highest BCUT2D eigenvalue weighted by Crippen LogP contribution is 2.30. The molecule has 1 saturated heterocycles. The Balaban J connectivity index is 2.40. The fourth-order valence-corrected chi connectivity index (χ4v) is 2.46. The molecule has 0 aromatic heterocycles. The van der Waals surface area contributed by atoms with E-state index >= 15 is 0 Å². The molecule has 0 atom stereocenters. The standard InChI is InChI=1S/C15H22N2O2/c1-15(2,3)13-10-11(4-5-12(13)14(18)19)17-8-6-16-7-9-17/h4-5,10,16H,6-9H2,1-3H3,(H,18,19). The number of anilines is 1. The van der Waals surface area contributed by atoms with Crippen molar-refractivity contribution >= 4 is 11.7 Å². The normalized spacial score (nSPS) is 16.5. The van der Waals surface area contributed by atoms with Crippen molar-refractivity contribution in [2.24, 2.45) is 0 Å². The fourth-order valence-electron chi connectivity index (χ4n) is 2.46. The van der Waals surface area contributed by atoms with Crippen LogP contribution in [-0.2, 0) is 5.41 Å². The fraction of sp³-hybridized carbons (Fsp3) is 0.533. The first-order valence-electron chi connectivity index (χ1n) is 6.73. The van der Waals surface area contributed by atoms with Gasteiger partial charge in [-0.15, -0.1) is 0 Å². The van der Waals surface area contributed by atoms with Gasteiger partial charge in [0.15, 0.2) is 0 Å². The zero-order valence-corrected chi connectivity index (χ0v) is 11.9. The molecule has 1 fully saturated rings. The molecule has 1 aromatic rings. The summed E-state index contributed by atoms with van der Waals surface area (Å²) < 4.78 is 0. The third kappa shape index (κ3) is 3.07. The van der Waals surface area contributed by atoms with E-state index in [1.807, 2.05) is 12.1 Å². The van der Waals surface area contributed by atoms with Crippen molar-refractivity contribution in [1.82, 2.24) is 5.32 Å². The van der Waals surface area contributed by atoms with Crippen LogP contribution in [0.5, 0.6) is 0 Å². The van der Waals surface area contributed by atoms with Gasteiger partial charge >= 0.3 is 5.97 Å². The second kappa shape index (κ2) is 5.21. The van der Waals surface area contributed by atoms with Gasteiger partial charge in [0.05, 0.1) is 5.56 Å². The molecule has 4 nitrogen and oxygen atoms in total. The SMILES string of the molecule is CC(C)(C)c1cc(N2CCNCC2)ccc1C(=O)O. The van der Waals surface area contributed by atoms with Crippen molar-refractivity contribution in [3.05, 3.63) is 29.3 Å². The largest absolute Gasteiger partial charge is 0.478 e. The zero-order chi connectivity index (χ0) is 14.0. The van der Waals surface area contributed by atoms with Crippen LogP contribution in [0.4, 0.5) is 5.69 Å². The van der Waals surface area contributed by atoms with E-state index < -0.39 is 5.97 Å². The van der Waals surface area contributed by atoms with Crippen molar-refractivity contribution < 1.29 is 9.90 Å². The number of carboxylic acid groups (broad SMARTS) is 1. The molecule has 4 heteroatoms. The minimum absolute atomic E-state index is 0.169. The molecule has 2 rings (SSSR count). The third-order valence-electron chi connectivity index (χ3n) is 3.52. The van der Waals surface area contributed by atoms with Crippen LogP contribution in [0.1, 0.15) is 36.7 Å². The molecule has 0 spiro atoms. The molecule has 0 amide bonds. The lowest BCUT2D eigenvalue weighted by Crippen LogP contribution is -2.43. The molecule has 0 unspecified atom stereocenters. The Morgan fingerprint density at radius 3 is 2.42 bits per heavy atom. The highest BCUT2D eigenvalue weighted by molar-refractivity contribution is 5.90. The lowest BCUT2D eigenvalue weighted by atomic mass is 9.83. The number of aromatic carboxylic acids is 1. The van der Waals surface area contributed by atoms with Gasteiger partial charge in [-0.25, -0.2) is 4.79 Å². The summed E-state index contributed by atoms with van der Waals surface area (Å²) in [6.45, 7) is 10.0. The Labute approximate surface area is 114 Å². The zero-order valence-electron chi connectivity index (χ0n) is 11.9. The first kappa shape index (κ1) is 13.9. The maximum atomic E-state index is 11.3. The number of rotatable bonds is 2. The van der Waals surface area contributed by atoms with E-state index in [4.69, 9.17) is 0 Å². The van der Waals surface area contributed by atoms with Gasteiger partial charge in [-0.3, -0.25) is 0 Å². The Morgan fingerprint density at radius 1 is 1.26 bits per heavy atom. The number of benzene rings is 1. The van der Waals surface area contributed by atoms with E-state index in [0.717, 1.165) is 37.4 Å². The average molecular weight is 262 g/mol. The topological polar surface area (TPSA) is 52.6 Å². The minimum Gasteiger partial charge on any atom is -0.478 e. The molecule has 1 heterocycles. The number of hydrogen-bond donors (Lipinski definition) is 2. The summed E-state index contributed by atoms with van der Waals surface area (Å²) in [7, 11) is 0. The predicted molar refractivity (Wildman–Crippen MR) is 77.2 cm³/mol. The van der Waals surface area contributed by atoms with Crippen molar-refractivity contribution in [1.29, 1.82) is 0 Å². The average Bonchev–Trinajstić information content (AvgIpc) is 2.38. The van der Waals surface area contributed by atoms with Gasteiger partial charge in [0.2, 0.25) is 0 Å². The highest BCUT2D eigenvalue weighted by Gasteiger charge is 2.23. The van der Waals surface area contributed by atoms with Gasteiger partial charge in [-0.05, 0) is 29.2 Å². The highest BCUT2D eigenvalue weighted by atomic mass is 16.4. The number of hydrogen-bond acceptors (Lipinski definition) is 3. The molecule has 0 bridgehead atoms. The van der Waals surface area contributed by atoms with Gasteiger partial charge in [0.25, 0.3) is 0 Å². The lowest BCUT2D eigenvalue weighted by Gasteiger charge is -2.31. The minimum atomic E-state index is -0.850. The number of carbonyl (C=O) groups is 1. The monoisotopic (exact) mass is 262 g/mol. The van der Waals surface area contributed by atoms with Crippen LogP contribution in [0, 0.1) is 0 Å². The summed E-state index contributed by atoms with van der Waals surface area (Å²) in [5.74, 6) is -0.850. The summed E-state index contributed by atoms with van der Waals surface area (Å²) in [4.78, 5) is 13.6. The predicted octanol–water partition coefficient (Wildman–Crippen LogP) is 2.09. The Hall–Kier alpha value is -1.55. The van der Waals surface area contributed by atoms with Crippen molar-refractivity contribution in [3.63, 3.8) is 0 Å². The summed E-state index contributed by atoms with van der Waals surface area (Å²) in [6.07, 6.45) is 0. The first-order chi connectivity index (χ1) is 8.89. The summed E-state index contributed by atoms with van der Waals surface area (Å²) in [5.41, 5.74) is 2.26. The van der Waals surface area contributed by atoms with Crippen molar-refractivity contribution in [2.45, 2.75) is 26.2 Å². The summed E-state index contributed by atoms with van der Waals surface area (Å²) in [6, 6.07) is 5.69. The van der Waals surface area contributed by atoms with Gasteiger partial charge in [-0.1, -0.05) is 20.8 Å². The quantitative estimate of drug-likeness (QED) is 0.857. The number of nitrogens with one attached hydrogen (secondary N) is 1. The number of piperazine rings is 1. The van der Waals surface area contributed by atoms with Crippen LogP contribution in [0.15, 0.2) is 18.2 Å². The van der Waals surface area contributed by atoms with Crippen LogP contribution < -0.4 is 10.2 Å². The Kier molecular flexibility index (Phi) is 3.80. The van der Waals surface area contributed by atoms with Crippen LogP contribution in [-0.4, -0.2) is 37.3 Å². The molecular weight excluding hydrogens is 240 g/mol. The van der Waals surface area contributed by atoms with Gasteiger partial charge in [0, 0.05) is 31.9 Å². The van der Waals surface area contributed by atoms with Gasteiger partial charge < -0.3 is 15.3 Å². The molecule has 19 heavy (non-hydrogen) atoms. The van der Waals surface area contributed by atoms with Gasteiger partial charge in [0.1, 0.15) is 0 Å². The smallest absolute Gasteiger partial charge is 0.335 e. The van der Waals surface area contributed by atoms with Crippen molar-refractivity contribution in [2.75, 3.05) is 31.1 Å². The Bertz CT molecular complexity index is 472. The third-order valence-corrected chi connectivity index (χ3v) is 3.52. The first-order valence-corrected chi connectivity index (χ1v) is 6.73. The van der Waals surface area contributed by atoms with Crippen LogP contribution in [0.3, 0.4) is 0 Å². The number of carboxylic acids is 1. The van der Waals surface area contributed by atoms with Crippen molar-refractivity contribution in [3.8, 4) is 0 Å². The van der Waals surface area contributed by atoms with Crippen LogP contribution in [0.25, 0.3) is 0 Å². The molecule has 1 aliphatic heterocycles. The van der Waals surface area contributed by atoms with E-state index in [1.165, 1.54) is 0 Å². The summed E-state index contributed by atoms with van der Waals surface area (Å²) in [5, 5.41) is 12.6. The molecule has 2 N–H and O–H groups in total. The van der Waals surface area contributed by atoms with Crippen LogP contribution in [0.2, 0.25) is 0 Å². The van der Waals surface area contributed by atoms with E-state index in [2.05, 4.69) is 31.0 Å². The van der Waals surface area contributed by atoms with E-state index in [1.54, 1.807) is 6.07 Å². The molecule has 1 aromatic carbocycles. The lowest BCUT2D eigenvalue weighted by molar-refractivity contribution is 0.0694. The molecular formula is C15H22N2O2. The molecule has 0 radical (unpaired) electrons.